The number of aromatic nitrogens is 7. The van der Waals surface area contributed by atoms with Gasteiger partial charge in [-0.05, 0) is 31.0 Å². The first kappa shape index (κ1) is 13.9. The fraction of sp³-hybridized carbons (Fsp3) is 0.235. The number of halogens is 1. The lowest BCUT2D eigenvalue weighted by Gasteiger charge is -2.08. The summed E-state index contributed by atoms with van der Waals surface area (Å²) in [6.45, 7) is 0.425. The molecule has 1 aromatic carbocycles. The van der Waals surface area contributed by atoms with Crippen LogP contribution in [0, 0.1) is 5.82 Å². The minimum atomic E-state index is -0.325. The van der Waals surface area contributed by atoms with E-state index in [0.29, 0.717) is 41.3 Å². The molecule has 3 aromatic heterocycles. The second-order valence-electron chi connectivity index (χ2n) is 6.54. The first-order valence-corrected chi connectivity index (χ1v) is 8.36. The Morgan fingerprint density at radius 1 is 1.19 bits per heavy atom. The van der Waals surface area contributed by atoms with Crippen LogP contribution in [0.15, 0.2) is 35.4 Å². The lowest BCUT2D eigenvalue weighted by molar-refractivity contribution is 0.380. The Bertz CT molecular complexity index is 1150. The molecule has 0 amide bonds. The molecule has 26 heavy (non-hydrogen) atoms. The summed E-state index contributed by atoms with van der Waals surface area (Å²) in [6.07, 6.45) is 5.34. The number of hydrogen-bond acceptors (Lipinski definition) is 6. The molecule has 1 aliphatic carbocycles. The third-order valence-electron chi connectivity index (χ3n) is 4.82. The average molecular weight is 349 g/mol. The highest BCUT2D eigenvalue weighted by Gasteiger charge is 2.31. The van der Waals surface area contributed by atoms with E-state index in [-0.39, 0.29) is 5.82 Å². The molecule has 0 bridgehead atoms. The van der Waals surface area contributed by atoms with E-state index < -0.39 is 0 Å². The van der Waals surface area contributed by atoms with Gasteiger partial charge in [-0.2, -0.15) is 10.1 Å². The van der Waals surface area contributed by atoms with Crippen LogP contribution in [0.4, 0.5) is 4.39 Å². The number of hydrogen-bond donors (Lipinski definition) is 0. The molecule has 0 atom stereocenters. The van der Waals surface area contributed by atoms with Crippen LogP contribution in [0.25, 0.3) is 28.6 Å². The summed E-state index contributed by atoms with van der Waals surface area (Å²) in [5.74, 6) is 1.80. The van der Waals surface area contributed by atoms with Crippen LogP contribution in [0.3, 0.4) is 0 Å². The van der Waals surface area contributed by atoms with Crippen molar-refractivity contribution in [2.75, 3.05) is 0 Å². The normalized spacial score (nSPS) is 15.3. The van der Waals surface area contributed by atoms with Crippen LogP contribution >= 0.6 is 0 Å². The zero-order valence-corrected chi connectivity index (χ0v) is 13.5. The maximum atomic E-state index is 13.8. The first-order chi connectivity index (χ1) is 12.8. The van der Waals surface area contributed by atoms with Gasteiger partial charge in [0, 0.05) is 11.5 Å². The molecule has 1 fully saturated rings. The van der Waals surface area contributed by atoms with E-state index in [9.17, 15) is 4.39 Å². The molecule has 0 spiro atoms. The smallest absolute Gasteiger partial charge is 0.230 e. The van der Waals surface area contributed by atoms with Crippen molar-refractivity contribution in [1.29, 1.82) is 0 Å². The highest BCUT2D eigenvalue weighted by Crippen LogP contribution is 2.40. The SMILES string of the molecule is Fc1ccc2c(c1)-c1ncnn1Cc1c(-c3noc(C4CC4)n3)ncn1-2. The van der Waals surface area contributed by atoms with Crippen LogP contribution in [0.5, 0.6) is 0 Å². The van der Waals surface area contributed by atoms with Crippen molar-refractivity contribution in [2.24, 2.45) is 0 Å². The Labute approximate surface area is 146 Å². The predicted octanol–water partition coefficient (Wildman–Crippen LogP) is 2.56. The molecule has 128 valence electrons. The highest BCUT2D eigenvalue weighted by molar-refractivity contribution is 5.70. The van der Waals surface area contributed by atoms with Gasteiger partial charge in [-0.25, -0.2) is 19.0 Å². The van der Waals surface area contributed by atoms with Gasteiger partial charge in [0.1, 0.15) is 24.2 Å². The maximum absolute atomic E-state index is 13.8. The summed E-state index contributed by atoms with van der Waals surface area (Å²) in [6, 6.07) is 4.61. The van der Waals surface area contributed by atoms with Crippen LogP contribution in [0.2, 0.25) is 0 Å². The number of rotatable bonds is 2. The van der Waals surface area contributed by atoms with Gasteiger partial charge >= 0.3 is 0 Å². The second kappa shape index (κ2) is 4.84. The first-order valence-electron chi connectivity index (χ1n) is 8.36. The van der Waals surface area contributed by atoms with Gasteiger partial charge in [-0.3, -0.25) is 4.57 Å². The van der Waals surface area contributed by atoms with Gasteiger partial charge in [-0.15, -0.1) is 0 Å². The molecule has 1 aliphatic heterocycles. The zero-order valence-electron chi connectivity index (χ0n) is 13.5. The van der Waals surface area contributed by atoms with Crippen LogP contribution in [-0.2, 0) is 6.54 Å². The summed E-state index contributed by atoms with van der Waals surface area (Å²) in [5, 5.41) is 8.38. The van der Waals surface area contributed by atoms with Crippen molar-refractivity contribution < 1.29 is 8.91 Å². The van der Waals surface area contributed by atoms with E-state index in [0.717, 1.165) is 24.2 Å². The Morgan fingerprint density at radius 2 is 2.12 bits per heavy atom. The van der Waals surface area contributed by atoms with Crippen molar-refractivity contribution in [1.82, 2.24) is 34.5 Å². The summed E-state index contributed by atoms with van der Waals surface area (Å²) in [7, 11) is 0. The molecular formula is C17H12FN7O. The third-order valence-corrected chi connectivity index (χ3v) is 4.82. The maximum Gasteiger partial charge on any atom is 0.230 e. The standard InChI is InChI=1S/C17H12FN7O/c18-10-3-4-12-11(5-10)16-19-7-21-25(16)6-13-14(20-8-24(12)13)15-22-17(26-23-15)9-1-2-9/h3-5,7-9H,1-2,6H2. The van der Waals surface area contributed by atoms with Crippen LogP contribution in [0.1, 0.15) is 30.3 Å². The van der Waals surface area contributed by atoms with E-state index in [2.05, 4.69) is 25.2 Å². The van der Waals surface area contributed by atoms with Gasteiger partial charge in [-0.1, -0.05) is 5.16 Å². The molecule has 9 heteroatoms. The topological polar surface area (TPSA) is 87.4 Å². The van der Waals surface area contributed by atoms with Crippen molar-refractivity contribution >= 4 is 0 Å². The summed E-state index contributed by atoms with van der Waals surface area (Å²) < 4.78 is 22.9. The molecule has 8 nitrogen and oxygen atoms in total. The molecule has 1 saturated carbocycles. The second-order valence-corrected chi connectivity index (χ2v) is 6.54. The zero-order chi connectivity index (χ0) is 17.3. The van der Waals surface area contributed by atoms with E-state index >= 15 is 0 Å². The van der Waals surface area contributed by atoms with Crippen molar-refractivity contribution in [2.45, 2.75) is 25.3 Å². The van der Waals surface area contributed by atoms with Gasteiger partial charge < -0.3 is 4.52 Å². The van der Waals surface area contributed by atoms with Gasteiger partial charge in [0.25, 0.3) is 0 Å². The summed E-state index contributed by atoms with van der Waals surface area (Å²) >= 11 is 0. The summed E-state index contributed by atoms with van der Waals surface area (Å²) in [5.41, 5.74) is 2.94. The minimum Gasteiger partial charge on any atom is -0.339 e. The molecule has 6 rings (SSSR count). The fourth-order valence-electron chi connectivity index (χ4n) is 3.37. The van der Waals surface area contributed by atoms with Gasteiger partial charge in [0.2, 0.25) is 11.7 Å². The van der Waals surface area contributed by atoms with Crippen LogP contribution in [-0.4, -0.2) is 34.5 Å². The Hall–Kier alpha value is -3.36. The Balaban J connectivity index is 1.57. The Morgan fingerprint density at radius 3 is 3.00 bits per heavy atom. The lowest BCUT2D eigenvalue weighted by Crippen LogP contribution is -2.05. The quantitative estimate of drug-likeness (QED) is 0.487. The lowest BCUT2D eigenvalue weighted by atomic mass is 10.1. The molecular weight excluding hydrogens is 337 g/mol. The molecule has 2 aliphatic rings. The van der Waals surface area contributed by atoms with E-state index in [1.165, 1.54) is 18.5 Å². The third kappa shape index (κ3) is 1.91. The molecule has 0 radical (unpaired) electrons. The molecule has 0 saturated heterocycles. The molecule has 0 N–H and O–H groups in total. The molecule has 4 aromatic rings. The van der Waals surface area contributed by atoms with Gasteiger partial charge in [0.05, 0.1) is 17.9 Å². The number of imidazole rings is 1. The van der Waals surface area contributed by atoms with Crippen molar-refractivity contribution in [3.05, 3.63) is 48.3 Å². The van der Waals surface area contributed by atoms with E-state index in [1.54, 1.807) is 17.1 Å². The average Bonchev–Trinajstić information content (AvgIpc) is 3.06. The van der Waals surface area contributed by atoms with E-state index in [4.69, 9.17) is 4.52 Å². The van der Waals surface area contributed by atoms with Crippen molar-refractivity contribution in [3.63, 3.8) is 0 Å². The largest absolute Gasteiger partial charge is 0.339 e. The predicted molar refractivity (Wildman–Crippen MR) is 86.9 cm³/mol. The Kier molecular flexibility index (Phi) is 2.58. The van der Waals surface area contributed by atoms with E-state index in [1.807, 2.05) is 4.57 Å². The molecule has 0 unspecified atom stereocenters. The molecule has 4 heterocycles. The van der Waals surface area contributed by atoms with Crippen LogP contribution < -0.4 is 0 Å². The fourth-order valence-corrected chi connectivity index (χ4v) is 3.37. The number of nitrogens with zero attached hydrogens (tertiary/aromatic N) is 7. The highest BCUT2D eigenvalue weighted by atomic mass is 19.1. The summed E-state index contributed by atoms with van der Waals surface area (Å²) in [4.78, 5) is 13.3. The number of fused-ring (bicyclic) bond motifs is 5. The monoisotopic (exact) mass is 349 g/mol. The number of benzene rings is 1. The van der Waals surface area contributed by atoms with Crippen molar-refractivity contribution in [3.8, 4) is 28.6 Å². The minimum absolute atomic E-state index is 0.325. The van der Waals surface area contributed by atoms with Gasteiger partial charge in [0.15, 0.2) is 5.82 Å².